The Morgan fingerprint density at radius 1 is 1.07 bits per heavy atom. The van der Waals surface area contributed by atoms with Crippen LogP contribution in [0.3, 0.4) is 0 Å². The fraction of sp³-hybridized carbons (Fsp3) is 0.300. The predicted molar refractivity (Wildman–Crippen MR) is 112 cm³/mol. The Morgan fingerprint density at radius 2 is 1.76 bits per heavy atom. The first-order valence-electron chi connectivity index (χ1n) is 9.20. The van der Waals surface area contributed by atoms with E-state index in [4.69, 9.17) is 11.6 Å². The van der Waals surface area contributed by atoms with Gasteiger partial charge in [0.25, 0.3) is 5.76 Å². The highest BCUT2D eigenvalue weighted by Crippen LogP contribution is 2.29. The highest BCUT2D eigenvalue weighted by Gasteiger charge is 2.24. The van der Waals surface area contributed by atoms with Crippen LogP contribution in [-0.2, 0) is 11.3 Å². The predicted octanol–water partition coefficient (Wildman–Crippen LogP) is 4.35. The van der Waals surface area contributed by atoms with Crippen LogP contribution >= 0.6 is 23.4 Å². The number of amides is 1. The van der Waals surface area contributed by atoms with E-state index >= 15 is 0 Å². The molecule has 1 aliphatic heterocycles. The lowest BCUT2D eigenvalue weighted by molar-refractivity contribution is -0.132. The second-order valence-electron chi connectivity index (χ2n) is 6.67. The van der Waals surface area contributed by atoms with Gasteiger partial charge in [-0.2, -0.15) is 8.78 Å². The molecule has 9 heteroatoms. The second kappa shape index (κ2) is 8.59. The van der Waals surface area contributed by atoms with Gasteiger partial charge in [-0.25, -0.2) is 4.98 Å². The maximum Gasteiger partial charge on any atom is 0.291 e. The number of thioether (sulfide) groups is 1. The van der Waals surface area contributed by atoms with E-state index < -0.39 is 5.76 Å². The normalized spacial score (nSPS) is 14.8. The second-order valence-corrected chi connectivity index (χ2v) is 8.03. The molecule has 0 N–H and O–H groups in total. The van der Waals surface area contributed by atoms with Crippen molar-refractivity contribution < 1.29 is 13.6 Å². The zero-order valence-electron chi connectivity index (χ0n) is 15.5. The first-order chi connectivity index (χ1) is 14.0. The van der Waals surface area contributed by atoms with E-state index in [1.54, 1.807) is 27.7 Å². The summed E-state index contributed by atoms with van der Waals surface area (Å²) < 4.78 is 27.5. The molecule has 5 nitrogen and oxygen atoms in total. The zero-order valence-corrected chi connectivity index (χ0v) is 17.0. The number of benzene rings is 2. The number of imidazole rings is 1. The monoisotopic (exact) mass is 436 g/mol. The van der Waals surface area contributed by atoms with Crippen LogP contribution < -0.4 is 4.90 Å². The van der Waals surface area contributed by atoms with Gasteiger partial charge in [0.1, 0.15) is 6.54 Å². The summed E-state index contributed by atoms with van der Waals surface area (Å²) in [5.41, 5.74) is 2.24. The van der Waals surface area contributed by atoms with Gasteiger partial charge in [0.15, 0.2) is 5.16 Å². The van der Waals surface area contributed by atoms with Gasteiger partial charge < -0.3 is 14.4 Å². The molecule has 3 aromatic rings. The molecule has 1 amide bonds. The zero-order chi connectivity index (χ0) is 20.4. The molecule has 4 rings (SSSR count). The van der Waals surface area contributed by atoms with Crippen molar-refractivity contribution in [1.82, 2.24) is 14.5 Å². The van der Waals surface area contributed by atoms with Gasteiger partial charge in [-0.15, -0.1) is 0 Å². The number of para-hydroxylation sites is 3. The van der Waals surface area contributed by atoms with Crippen LogP contribution in [0.2, 0.25) is 5.02 Å². The van der Waals surface area contributed by atoms with E-state index in [9.17, 15) is 13.6 Å². The van der Waals surface area contributed by atoms with Crippen molar-refractivity contribution >= 4 is 46.0 Å². The molecule has 0 radical (unpaired) electrons. The number of nitrogens with zero attached hydrogens (tertiary/aromatic N) is 4. The summed E-state index contributed by atoms with van der Waals surface area (Å²) in [7, 11) is 0. The lowest BCUT2D eigenvalue weighted by Crippen LogP contribution is -2.49. The minimum Gasteiger partial charge on any atom is -0.367 e. The van der Waals surface area contributed by atoms with E-state index in [0.717, 1.165) is 5.69 Å². The quantitative estimate of drug-likeness (QED) is 0.557. The number of halogens is 3. The van der Waals surface area contributed by atoms with Gasteiger partial charge in [0.05, 0.1) is 21.7 Å². The van der Waals surface area contributed by atoms with E-state index in [1.165, 1.54) is 0 Å². The van der Waals surface area contributed by atoms with Gasteiger partial charge in [-0.3, -0.25) is 4.79 Å². The Morgan fingerprint density at radius 3 is 2.48 bits per heavy atom. The molecule has 0 aliphatic carbocycles. The summed E-state index contributed by atoms with van der Waals surface area (Å²) in [6.45, 7) is 2.42. The van der Waals surface area contributed by atoms with Crippen molar-refractivity contribution in [2.45, 2.75) is 17.5 Å². The average Bonchev–Trinajstić information content (AvgIpc) is 3.05. The summed E-state index contributed by atoms with van der Waals surface area (Å²) in [6, 6.07) is 14.8. The molecule has 0 spiro atoms. The van der Waals surface area contributed by atoms with E-state index in [0.29, 0.717) is 54.0 Å². The minimum atomic E-state index is -2.60. The van der Waals surface area contributed by atoms with E-state index in [-0.39, 0.29) is 17.6 Å². The Bertz CT molecular complexity index is 1020. The molecule has 1 saturated heterocycles. The molecule has 1 aliphatic rings. The molecule has 29 heavy (non-hydrogen) atoms. The molecular formula is C20H19ClF2N4OS. The lowest BCUT2D eigenvalue weighted by Gasteiger charge is -2.36. The van der Waals surface area contributed by atoms with Crippen LogP contribution in [0.4, 0.5) is 14.5 Å². The number of anilines is 1. The Kier molecular flexibility index (Phi) is 5.91. The summed E-state index contributed by atoms with van der Waals surface area (Å²) in [5, 5.41) is 0.843. The largest absolute Gasteiger partial charge is 0.367 e. The number of alkyl halides is 2. The smallest absolute Gasteiger partial charge is 0.291 e. The molecule has 1 fully saturated rings. The van der Waals surface area contributed by atoms with Gasteiger partial charge in [-0.05, 0) is 36.0 Å². The molecule has 0 bridgehead atoms. The maximum atomic E-state index is 13.0. The number of hydrogen-bond acceptors (Lipinski definition) is 4. The van der Waals surface area contributed by atoms with Crippen LogP contribution in [0.25, 0.3) is 11.0 Å². The van der Waals surface area contributed by atoms with E-state index in [1.807, 2.05) is 30.3 Å². The van der Waals surface area contributed by atoms with Crippen LogP contribution in [0, 0.1) is 0 Å². The number of piperazine rings is 1. The SMILES string of the molecule is O=C(Cn1c(SC(F)F)nc2ccccc21)N1CCN(c2ccccc2Cl)CC1. The number of aromatic nitrogens is 2. The number of rotatable bonds is 5. The van der Waals surface area contributed by atoms with Crippen LogP contribution in [-0.4, -0.2) is 52.3 Å². The third-order valence-corrected chi connectivity index (χ3v) is 5.95. The Hall–Kier alpha value is -2.32. The third kappa shape index (κ3) is 4.33. The fourth-order valence-electron chi connectivity index (χ4n) is 3.52. The fourth-order valence-corrected chi connectivity index (χ4v) is 4.37. The molecule has 2 heterocycles. The number of carbonyl (C=O) groups excluding carboxylic acids is 1. The van der Waals surface area contributed by atoms with E-state index in [2.05, 4.69) is 9.88 Å². The summed E-state index contributed by atoms with van der Waals surface area (Å²) in [4.78, 5) is 21.1. The Labute approximate surface area is 176 Å². The van der Waals surface area contributed by atoms with Gasteiger partial charge in [0, 0.05) is 26.2 Å². The highest BCUT2D eigenvalue weighted by atomic mass is 35.5. The summed E-state index contributed by atoms with van der Waals surface area (Å²) >= 11 is 6.63. The standard InChI is InChI=1S/C20H19ClF2N4OS/c21-14-5-1-3-7-16(14)25-9-11-26(12-10-25)18(28)13-27-17-8-4-2-6-15(17)24-20(27)29-19(22)23/h1-8,19H,9-13H2. The van der Waals surface area contributed by atoms with Gasteiger partial charge in [-0.1, -0.05) is 35.9 Å². The van der Waals surface area contributed by atoms with Crippen molar-refractivity contribution in [3.05, 3.63) is 53.6 Å². The van der Waals surface area contributed by atoms with Crippen molar-refractivity contribution in [3.63, 3.8) is 0 Å². The minimum absolute atomic E-state index is 0.0122. The number of hydrogen-bond donors (Lipinski definition) is 0. The first-order valence-corrected chi connectivity index (χ1v) is 10.5. The molecule has 0 atom stereocenters. The highest BCUT2D eigenvalue weighted by molar-refractivity contribution is 7.99. The van der Waals surface area contributed by atoms with Crippen molar-refractivity contribution in [2.24, 2.45) is 0 Å². The molecule has 152 valence electrons. The molecular weight excluding hydrogens is 418 g/mol. The van der Waals surface area contributed by atoms with Crippen LogP contribution in [0.1, 0.15) is 0 Å². The number of carbonyl (C=O) groups is 1. The van der Waals surface area contributed by atoms with Crippen molar-refractivity contribution in [2.75, 3.05) is 31.1 Å². The van der Waals surface area contributed by atoms with Crippen molar-refractivity contribution in [1.29, 1.82) is 0 Å². The Balaban J connectivity index is 1.47. The average molecular weight is 437 g/mol. The summed E-state index contributed by atoms with van der Waals surface area (Å²) in [6.07, 6.45) is 0. The van der Waals surface area contributed by atoms with Crippen LogP contribution in [0.5, 0.6) is 0 Å². The van der Waals surface area contributed by atoms with Crippen LogP contribution in [0.15, 0.2) is 53.7 Å². The molecule has 0 unspecified atom stereocenters. The topological polar surface area (TPSA) is 41.4 Å². The van der Waals surface area contributed by atoms with Gasteiger partial charge >= 0.3 is 0 Å². The first kappa shape index (κ1) is 20.0. The maximum absolute atomic E-state index is 13.0. The number of fused-ring (bicyclic) bond motifs is 1. The summed E-state index contributed by atoms with van der Waals surface area (Å²) in [5.74, 6) is -2.71. The lowest BCUT2D eigenvalue weighted by atomic mass is 10.2. The molecule has 0 saturated carbocycles. The molecule has 1 aromatic heterocycles. The van der Waals surface area contributed by atoms with Crippen molar-refractivity contribution in [3.8, 4) is 0 Å². The van der Waals surface area contributed by atoms with Gasteiger partial charge in [0.2, 0.25) is 5.91 Å². The molecule has 2 aromatic carbocycles. The third-order valence-electron chi connectivity index (χ3n) is 4.93.